The van der Waals surface area contributed by atoms with Gasteiger partial charge in [0.1, 0.15) is 16.8 Å². The van der Waals surface area contributed by atoms with Gasteiger partial charge in [-0.05, 0) is 48.5 Å². The van der Waals surface area contributed by atoms with Crippen molar-refractivity contribution in [2.24, 2.45) is 5.41 Å². The molecular weight excluding hydrogens is 280 g/mol. The van der Waals surface area contributed by atoms with Gasteiger partial charge in [-0.1, -0.05) is 13.8 Å². The lowest BCUT2D eigenvalue weighted by Gasteiger charge is -2.71. The highest BCUT2D eigenvalue weighted by Gasteiger charge is 2.75. The zero-order valence-electron chi connectivity index (χ0n) is 16.6. The number of ether oxygens (including phenoxy) is 4. The molecule has 132 valence electrons. The van der Waals surface area contributed by atoms with Gasteiger partial charge in [-0.25, -0.2) is 0 Å². The van der Waals surface area contributed by atoms with Gasteiger partial charge in [-0.2, -0.15) is 0 Å². The van der Waals surface area contributed by atoms with Crippen LogP contribution in [0.2, 0.25) is 0 Å². The fourth-order valence-corrected chi connectivity index (χ4v) is 4.09. The minimum atomic E-state index is -0.715. The number of hydrogen-bond donors (Lipinski definition) is 0. The first kappa shape index (κ1) is 19.9. The Kier molecular flexibility index (Phi) is 4.67. The SMILES string of the molecule is COC(C)(C)[C@@]1(C)OC(C)(C)C(C)(C)[C@](C)(OC)[C@]1(C)OC. The van der Waals surface area contributed by atoms with Crippen molar-refractivity contribution in [2.45, 2.75) is 90.3 Å². The van der Waals surface area contributed by atoms with E-state index in [1.165, 1.54) is 0 Å². The van der Waals surface area contributed by atoms with Gasteiger partial charge in [-0.15, -0.1) is 0 Å². The van der Waals surface area contributed by atoms with E-state index in [0.717, 1.165) is 0 Å². The molecule has 0 aliphatic carbocycles. The lowest BCUT2D eigenvalue weighted by atomic mass is 9.51. The van der Waals surface area contributed by atoms with Gasteiger partial charge >= 0.3 is 0 Å². The highest BCUT2D eigenvalue weighted by molar-refractivity contribution is 5.25. The average molecular weight is 316 g/mol. The van der Waals surface area contributed by atoms with Gasteiger partial charge in [0.25, 0.3) is 0 Å². The second-order valence-corrected chi connectivity index (χ2v) is 8.46. The standard InChI is InChI=1S/C18H36O4/c1-13(2)14(3,4)22-17(8,15(5,6)19-10)18(9,21-12)16(13,7)20-11/h1-12H3/t16-,17+,18-/m0/s1. The van der Waals surface area contributed by atoms with Crippen LogP contribution in [-0.2, 0) is 18.9 Å². The Morgan fingerprint density at radius 1 is 0.727 bits per heavy atom. The molecule has 0 radical (unpaired) electrons. The van der Waals surface area contributed by atoms with Crippen LogP contribution < -0.4 is 0 Å². The van der Waals surface area contributed by atoms with Crippen LogP contribution in [0.25, 0.3) is 0 Å². The van der Waals surface area contributed by atoms with Crippen molar-refractivity contribution in [1.82, 2.24) is 0 Å². The van der Waals surface area contributed by atoms with Crippen LogP contribution in [0, 0.1) is 5.41 Å². The van der Waals surface area contributed by atoms with Gasteiger partial charge in [-0.3, -0.25) is 0 Å². The first-order valence-corrected chi connectivity index (χ1v) is 8.00. The summed E-state index contributed by atoms with van der Waals surface area (Å²) in [5.74, 6) is 0. The van der Waals surface area contributed by atoms with Gasteiger partial charge < -0.3 is 18.9 Å². The van der Waals surface area contributed by atoms with Crippen molar-refractivity contribution in [1.29, 1.82) is 0 Å². The second kappa shape index (κ2) is 5.17. The summed E-state index contributed by atoms with van der Waals surface area (Å²) in [5, 5.41) is 0. The van der Waals surface area contributed by atoms with Crippen LogP contribution in [0.3, 0.4) is 0 Å². The third-order valence-corrected chi connectivity index (χ3v) is 7.45. The molecule has 0 N–H and O–H groups in total. The van der Waals surface area contributed by atoms with Crippen LogP contribution in [-0.4, -0.2) is 49.3 Å². The van der Waals surface area contributed by atoms with Crippen LogP contribution >= 0.6 is 0 Å². The van der Waals surface area contributed by atoms with Gasteiger partial charge in [0, 0.05) is 26.7 Å². The van der Waals surface area contributed by atoms with Crippen molar-refractivity contribution in [3.05, 3.63) is 0 Å². The third kappa shape index (κ3) is 1.97. The lowest BCUT2D eigenvalue weighted by Crippen LogP contribution is -2.84. The third-order valence-electron chi connectivity index (χ3n) is 7.45. The van der Waals surface area contributed by atoms with E-state index in [9.17, 15) is 0 Å². The maximum Gasteiger partial charge on any atom is 0.126 e. The molecule has 0 saturated carbocycles. The van der Waals surface area contributed by atoms with E-state index in [1.54, 1.807) is 21.3 Å². The Morgan fingerprint density at radius 2 is 1.14 bits per heavy atom. The monoisotopic (exact) mass is 316 g/mol. The fraction of sp³-hybridized carbons (Fsp3) is 1.00. The molecule has 1 aliphatic rings. The van der Waals surface area contributed by atoms with Crippen molar-refractivity contribution in [3.63, 3.8) is 0 Å². The van der Waals surface area contributed by atoms with Crippen LogP contribution in [0.15, 0.2) is 0 Å². The molecule has 4 heteroatoms. The molecule has 3 atom stereocenters. The summed E-state index contributed by atoms with van der Waals surface area (Å²) in [6.45, 7) is 18.9. The molecule has 1 saturated heterocycles. The average Bonchev–Trinajstić information content (AvgIpc) is 2.42. The van der Waals surface area contributed by atoms with E-state index in [1.807, 2.05) is 13.8 Å². The smallest absolute Gasteiger partial charge is 0.126 e. The Balaban J connectivity index is 3.77. The molecule has 1 aliphatic heterocycles. The number of hydrogen-bond acceptors (Lipinski definition) is 4. The maximum atomic E-state index is 6.71. The molecule has 0 bridgehead atoms. The van der Waals surface area contributed by atoms with E-state index in [2.05, 4.69) is 48.5 Å². The van der Waals surface area contributed by atoms with Gasteiger partial charge in [0.2, 0.25) is 0 Å². The molecule has 1 heterocycles. The molecule has 0 aromatic heterocycles. The summed E-state index contributed by atoms with van der Waals surface area (Å²) < 4.78 is 24.7. The molecule has 0 aromatic carbocycles. The molecular formula is C18H36O4. The minimum absolute atomic E-state index is 0.289. The molecule has 22 heavy (non-hydrogen) atoms. The Morgan fingerprint density at radius 3 is 1.45 bits per heavy atom. The topological polar surface area (TPSA) is 36.9 Å². The molecule has 0 spiro atoms. The summed E-state index contributed by atoms with van der Waals surface area (Å²) in [4.78, 5) is 0. The fourth-order valence-electron chi connectivity index (χ4n) is 4.09. The molecule has 0 aromatic rings. The van der Waals surface area contributed by atoms with Crippen molar-refractivity contribution >= 4 is 0 Å². The van der Waals surface area contributed by atoms with E-state index in [4.69, 9.17) is 18.9 Å². The van der Waals surface area contributed by atoms with Gasteiger partial charge in [0.15, 0.2) is 0 Å². The van der Waals surface area contributed by atoms with Crippen LogP contribution in [0.4, 0.5) is 0 Å². The zero-order valence-corrected chi connectivity index (χ0v) is 16.6. The summed E-state index contributed by atoms with van der Waals surface area (Å²) in [5.41, 5.74) is -3.30. The zero-order chi connectivity index (χ0) is 17.8. The molecule has 0 unspecified atom stereocenters. The van der Waals surface area contributed by atoms with E-state index in [-0.39, 0.29) is 5.41 Å². The minimum Gasteiger partial charge on any atom is -0.376 e. The Hall–Kier alpha value is -0.160. The molecule has 4 nitrogen and oxygen atoms in total. The summed E-state index contributed by atoms with van der Waals surface area (Å²) in [7, 11) is 5.18. The quantitative estimate of drug-likeness (QED) is 0.790. The first-order chi connectivity index (χ1) is 9.64. The predicted octanol–water partition coefficient (Wildman–Crippen LogP) is 3.82. The number of rotatable bonds is 4. The van der Waals surface area contributed by atoms with E-state index < -0.39 is 28.0 Å². The summed E-state index contributed by atoms with van der Waals surface area (Å²) in [6, 6.07) is 0. The predicted molar refractivity (Wildman–Crippen MR) is 89.3 cm³/mol. The largest absolute Gasteiger partial charge is 0.376 e. The molecule has 1 fully saturated rings. The van der Waals surface area contributed by atoms with E-state index >= 15 is 0 Å². The second-order valence-electron chi connectivity index (χ2n) is 8.46. The molecule has 1 rings (SSSR count). The first-order valence-electron chi connectivity index (χ1n) is 8.00. The van der Waals surface area contributed by atoms with Crippen LogP contribution in [0.5, 0.6) is 0 Å². The highest BCUT2D eigenvalue weighted by Crippen LogP contribution is 2.62. The highest BCUT2D eigenvalue weighted by atomic mass is 16.6. The Labute approximate surface area is 136 Å². The van der Waals surface area contributed by atoms with Crippen molar-refractivity contribution < 1.29 is 18.9 Å². The number of methoxy groups -OCH3 is 3. The molecule has 0 amide bonds. The van der Waals surface area contributed by atoms with Crippen molar-refractivity contribution in [2.75, 3.05) is 21.3 Å². The van der Waals surface area contributed by atoms with E-state index in [0.29, 0.717) is 0 Å². The lowest BCUT2D eigenvalue weighted by molar-refractivity contribution is -0.413. The van der Waals surface area contributed by atoms with Gasteiger partial charge in [0.05, 0.1) is 11.2 Å². The summed E-state index contributed by atoms with van der Waals surface area (Å²) in [6.07, 6.45) is 0. The maximum absolute atomic E-state index is 6.71. The normalized spacial score (nSPS) is 41.5. The van der Waals surface area contributed by atoms with Crippen LogP contribution in [0.1, 0.15) is 62.3 Å². The summed E-state index contributed by atoms with van der Waals surface area (Å²) >= 11 is 0. The van der Waals surface area contributed by atoms with Crippen molar-refractivity contribution in [3.8, 4) is 0 Å². The Bertz CT molecular complexity index is 427.